The molecule has 0 radical (unpaired) electrons. The SMILES string of the molecule is O=C(Nc1ccc(-n2nc3c(n2)CN(c2nn[nH]n2)C3)c(F)c1)OCc1ccccc1.[2H]CF.[C-]#[N+]N1Cc2nn(-c3ccc(NC(=O)OCc4ccccc4)cc3F)nc2C1.[N-]=[N+]=[N-].[Na+]. The molecular weight excluding hydrogens is 865 g/mol. The molecule has 65 heavy (non-hydrogen) atoms. The van der Waals surface area contributed by atoms with Crippen molar-refractivity contribution >= 4 is 29.5 Å². The van der Waals surface area contributed by atoms with E-state index in [0.717, 1.165) is 11.1 Å². The number of amides is 2. The zero-order valence-electron chi connectivity index (χ0n) is 35.2. The Bertz CT molecular complexity index is 2730. The summed E-state index contributed by atoms with van der Waals surface area (Å²) in [7, 11) is -1.00. The van der Waals surface area contributed by atoms with Gasteiger partial charge in [0.15, 0.2) is 11.6 Å². The molecule has 0 unspecified atom stereocenters. The number of hydrogen-bond donors (Lipinski definition) is 3. The van der Waals surface area contributed by atoms with E-state index in [-0.39, 0.29) is 65.5 Å². The Labute approximate surface area is 390 Å². The number of alkyl halides is 1. The number of tetrazole rings is 1. The number of benzene rings is 4. The molecule has 326 valence electrons. The number of nitrogens with one attached hydrogen (secondary N) is 3. The van der Waals surface area contributed by atoms with Gasteiger partial charge in [0.05, 0.1) is 21.6 Å². The molecule has 5 heterocycles. The number of carbonyl (C=O) groups is 2. The van der Waals surface area contributed by atoms with Crippen LogP contribution in [0.1, 0.15) is 35.3 Å². The third-order valence-electron chi connectivity index (χ3n) is 8.88. The molecule has 3 aromatic heterocycles. The summed E-state index contributed by atoms with van der Waals surface area (Å²) in [6, 6.07) is 27.0. The van der Waals surface area contributed by atoms with Crippen LogP contribution in [-0.4, -0.2) is 75.0 Å². The molecule has 3 N–H and O–H groups in total. The molecule has 26 heteroatoms. The van der Waals surface area contributed by atoms with Crippen LogP contribution >= 0.6 is 0 Å². The van der Waals surface area contributed by atoms with Crippen molar-refractivity contribution in [2.24, 2.45) is 0 Å². The zero-order valence-corrected chi connectivity index (χ0v) is 36.2. The van der Waals surface area contributed by atoms with Gasteiger partial charge in [0, 0.05) is 11.4 Å². The van der Waals surface area contributed by atoms with Crippen molar-refractivity contribution in [3.63, 3.8) is 0 Å². The number of fused-ring (bicyclic) bond motifs is 2. The van der Waals surface area contributed by atoms with E-state index in [2.05, 4.69) is 56.6 Å². The average Bonchev–Trinajstić information content (AvgIpc) is 4.15. The van der Waals surface area contributed by atoms with Crippen LogP contribution in [0.5, 0.6) is 0 Å². The summed E-state index contributed by atoms with van der Waals surface area (Å²) in [6.07, 6.45) is -1.35. The van der Waals surface area contributed by atoms with Gasteiger partial charge in [-0.25, -0.2) is 18.4 Å². The minimum Gasteiger partial charge on any atom is -0.444 e. The predicted molar refractivity (Wildman–Crippen MR) is 220 cm³/mol. The first kappa shape index (κ1) is 46.5. The van der Waals surface area contributed by atoms with Crippen LogP contribution in [0.3, 0.4) is 0 Å². The third-order valence-corrected chi connectivity index (χ3v) is 8.88. The number of H-pyrrole nitrogens is 1. The fraction of sp³-hybridized carbons (Fsp3) is 0.179. The summed E-state index contributed by atoms with van der Waals surface area (Å²) < 4.78 is 54.9. The van der Waals surface area contributed by atoms with Crippen molar-refractivity contribution in [3.05, 3.63) is 170 Å². The van der Waals surface area contributed by atoms with Gasteiger partial charge in [0.1, 0.15) is 60.5 Å². The average molecular weight is 900 g/mol. The summed E-state index contributed by atoms with van der Waals surface area (Å²) in [5.41, 5.74) is 18.8. The van der Waals surface area contributed by atoms with Crippen LogP contribution < -0.4 is 45.1 Å². The van der Waals surface area contributed by atoms with Crippen molar-refractivity contribution < 1.29 is 63.2 Å². The maximum atomic E-state index is 14.7. The van der Waals surface area contributed by atoms with Crippen molar-refractivity contribution in [2.75, 3.05) is 22.7 Å². The molecule has 0 bridgehead atoms. The van der Waals surface area contributed by atoms with E-state index in [4.69, 9.17) is 28.5 Å². The maximum absolute atomic E-state index is 14.7. The number of hydrogen-bond acceptors (Lipinski definition) is 13. The van der Waals surface area contributed by atoms with Crippen LogP contribution in [0.4, 0.5) is 40.1 Å². The number of aromatic nitrogens is 10. The number of nitrogens with zero attached hydrogens (tertiary/aromatic N) is 15. The first-order valence-corrected chi connectivity index (χ1v) is 18.5. The van der Waals surface area contributed by atoms with E-state index in [1.807, 2.05) is 65.6 Å². The molecular formula is C39H34F3N18NaO4. The molecule has 7 aromatic rings. The second-order valence-electron chi connectivity index (χ2n) is 13.1. The standard InChI is InChI=1S/C19H16FN9O2.C19H15FN6O2.CH3F.N3.Na/c20-14-8-13(21-19(30)31-11-12-4-2-1-3-5-12)6-7-17(14)29-24-15-9-28(10-16(15)25-29)18-22-26-27-23-18;1-21-25-10-16-17(11-25)24-26(23-16)18-8-7-14(9-15(18)20)22-19(27)28-12-13-5-3-2-4-6-13;1-2;1-3-2;/h1-8H,9-11H2,(H,21,30)(H,22,23,26,27);2-9H,10-12H2,(H,22,27);1H3;;/q;;;-1;+1/i;;1D;;. The van der Waals surface area contributed by atoms with E-state index in [9.17, 15) is 22.8 Å². The van der Waals surface area contributed by atoms with Gasteiger partial charge in [-0.2, -0.15) is 37.1 Å². The number of anilines is 3. The monoisotopic (exact) mass is 899 g/mol. The Morgan fingerprint density at radius 1 is 0.754 bits per heavy atom. The molecule has 22 nitrogen and oxygen atoms in total. The van der Waals surface area contributed by atoms with Crippen LogP contribution in [0.25, 0.3) is 32.3 Å². The minimum absolute atomic E-state index is 0. The predicted octanol–water partition coefficient (Wildman–Crippen LogP) is 3.95. The van der Waals surface area contributed by atoms with Crippen molar-refractivity contribution in [1.29, 1.82) is 0 Å². The molecule has 0 fully saturated rings. The Morgan fingerprint density at radius 2 is 1.17 bits per heavy atom. The number of carbonyl (C=O) groups excluding carboxylic acids is 2. The molecule has 0 atom stereocenters. The smallest absolute Gasteiger partial charge is 0.444 e. The van der Waals surface area contributed by atoms with Gasteiger partial charge in [-0.1, -0.05) is 70.8 Å². The third kappa shape index (κ3) is 12.8. The summed E-state index contributed by atoms with van der Waals surface area (Å²) in [5.74, 6) is -0.715. The maximum Gasteiger partial charge on any atom is 1.00 e. The largest absolute Gasteiger partial charge is 1.00 e. The first-order valence-electron chi connectivity index (χ1n) is 19.2. The van der Waals surface area contributed by atoms with Gasteiger partial charge < -0.3 is 25.4 Å². The normalized spacial score (nSPS) is 11.8. The molecule has 9 rings (SSSR count). The molecule has 2 aliphatic rings. The second kappa shape index (κ2) is 23.4. The molecule has 0 spiro atoms. The molecule has 2 aliphatic heterocycles. The van der Waals surface area contributed by atoms with Crippen molar-refractivity contribution in [1.82, 2.24) is 55.6 Å². The van der Waals surface area contributed by atoms with Crippen molar-refractivity contribution in [2.45, 2.75) is 39.4 Å². The molecule has 0 saturated heterocycles. The van der Waals surface area contributed by atoms with E-state index < -0.39 is 31.0 Å². The van der Waals surface area contributed by atoms with Crippen molar-refractivity contribution in [3.8, 4) is 11.4 Å². The summed E-state index contributed by atoms with van der Waals surface area (Å²) >= 11 is 0. The van der Waals surface area contributed by atoms with E-state index in [0.29, 0.717) is 54.9 Å². The Kier molecular flexibility index (Phi) is 16.7. The summed E-state index contributed by atoms with van der Waals surface area (Å²) in [6.45, 7) is 8.89. The van der Waals surface area contributed by atoms with E-state index in [1.165, 1.54) is 43.8 Å². The Morgan fingerprint density at radius 3 is 1.54 bits per heavy atom. The topological polar surface area (TPSA) is 262 Å². The Balaban J connectivity index is 0.000000219. The van der Waals surface area contributed by atoms with Crippen LogP contribution in [0.15, 0.2) is 97.1 Å². The quantitative estimate of drug-likeness (QED) is 0.0610. The van der Waals surface area contributed by atoms with Gasteiger partial charge in [0.25, 0.3) is 5.95 Å². The summed E-state index contributed by atoms with van der Waals surface area (Å²) in [4.78, 5) is 33.0. The van der Waals surface area contributed by atoms with Gasteiger partial charge in [-0.15, -0.1) is 14.7 Å². The fourth-order valence-corrected chi connectivity index (χ4v) is 6.01. The zero-order chi connectivity index (χ0) is 46.1. The van der Waals surface area contributed by atoms with Crippen LogP contribution in [0.2, 0.25) is 0 Å². The van der Waals surface area contributed by atoms with Gasteiger partial charge in [-0.05, 0) is 52.7 Å². The Hall–Kier alpha value is -8.04. The van der Waals surface area contributed by atoms with E-state index in [1.54, 1.807) is 12.1 Å². The van der Waals surface area contributed by atoms with Gasteiger partial charge in [0.2, 0.25) is 0 Å². The summed E-state index contributed by atoms with van der Waals surface area (Å²) in [5, 5.41) is 37.5. The minimum atomic E-state index is -1.00. The second-order valence-corrected chi connectivity index (χ2v) is 13.1. The molecule has 0 saturated carbocycles. The molecule has 0 aliphatic carbocycles. The van der Waals surface area contributed by atoms with Gasteiger partial charge in [-0.3, -0.25) is 19.9 Å². The molecule has 4 aromatic carbocycles. The van der Waals surface area contributed by atoms with Crippen LogP contribution in [-0.2, 0) is 48.9 Å². The van der Waals surface area contributed by atoms with E-state index >= 15 is 0 Å². The molecule has 2 amide bonds. The number of halogens is 3. The number of ether oxygens (including phenoxy) is 2. The first-order chi connectivity index (χ1) is 31.6. The van der Waals surface area contributed by atoms with Gasteiger partial charge >= 0.3 is 41.7 Å². The fourth-order valence-electron chi connectivity index (χ4n) is 6.01. The number of aromatic amines is 1. The van der Waals surface area contributed by atoms with Crippen LogP contribution in [0, 0.1) is 18.2 Å². The number of rotatable bonds is 9.